The number of rotatable bonds is 4. The number of carbonyl (C=O) groups is 2. The fraction of sp³-hybridized carbons (Fsp3) is 0.286. The zero-order chi connectivity index (χ0) is 20.2. The number of carbonyl (C=O) groups excluding carboxylic acids is 2. The van der Waals surface area contributed by atoms with Gasteiger partial charge in [-0.25, -0.2) is 4.98 Å². The summed E-state index contributed by atoms with van der Waals surface area (Å²) in [5.41, 5.74) is 2.53. The van der Waals surface area contributed by atoms with Crippen LogP contribution in [0.1, 0.15) is 37.0 Å². The molecule has 0 saturated heterocycles. The molecule has 0 fully saturated rings. The van der Waals surface area contributed by atoms with E-state index in [4.69, 9.17) is 4.42 Å². The average molecular weight is 379 g/mol. The summed E-state index contributed by atoms with van der Waals surface area (Å²) in [6.45, 7) is 7.19. The van der Waals surface area contributed by atoms with Crippen molar-refractivity contribution < 1.29 is 19.1 Å². The minimum Gasteiger partial charge on any atom is -0.503 e. The lowest BCUT2D eigenvalue weighted by atomic mass is 9.94. The summed E-state index contributed by atoms with van der Waals surface area (Å²) in [4.78, 5) is 34.7. The van der Waals surface area contributed by atoms with Gasteiger partial charge in [0.25, 0.3) is 5.91 Å². The molecule has 1 aliphatic rings. The zero-order valence-corrected chi connectivity index (χ0v) is 16.1. The van der Waals surface area contributed by atoms with Gasteiger partial charge in [-0.05, 0) is 43.7 Å². The molecule has 0 aliphatic carbocycles. The van der Waals surface area contributed by atoms with Crippen LogP contribution < -0.4 is 4.90 Å². The third kappa shape index (κ3) is 2.70. The Hall–Kier alpha value is -3.35. The number of Topliss-reactive ketones (excluding diaryl/α,β-unsaturated/α-hetero) is 1. The van der Waals surface area contributed by atoms with E-state index in [1.54, 1.807) is 32.9 Å². The number of fused-ring (bicyclic) bond motifs is 1. The Morgan fingerprint density at radius 3 is 2.64 bits per heavy atom. The zero-order valence-electron chi connectivity index (χ0n) is 16.1. The summed E-state index contributed by atoms with van der Waals surface area (Å²) in [6.07, 6.45) is 0. The van der Waals surface area contributed by atoms with Crippen molar-refractivity contribution in [3.63, 3.8) is 0 Å². The number of imidazole rings is 1. The van der Waals surface area contributed by atoms with Gasteiger partial charge in [0.15, 0.2) is 11.5 Å². The molecule has 0 bridgehead atoms. The van der Waals surface area contributed by atoms with Gasteiger partial charge in [0.1, 0.15) is 17.6 Å². The SMILES string of the molecule is Cc1ccc2nc(N3C(=O)C(O)=C(C(=O)C(C)C)C3c3ccc(C)o3)[nH]c2c1. The summed E-state index contributed by atoms with van der Waals surface area (Å²) in [5, 5.41) is 10.6. The average Bonchev–Trinajstić information content (AvgIpc) is 3.31. The molecular formula is C21H21N3O4. The number of aromatic nitrogens is 2. The molecule has 0 radical (unpaired) electrons. The molecule has 1 atom stereocenters. The first-order chi connectivity index (χ1) is 13.3. The van der Waals surface area contributed by atoms with Crippen LogP contribution in [0.4, 0.5) is 5.95 Å². The Morgan fingerprint density at radius 1 is 1.25 bits per heavy atom. The maximum Gasteiger partial charge on any atom is 0.296 e. The van der Waals surface area contributed by atoms with Crippen LogP contribution in [0.15, 0.2) is 46.1 Å². The number of furan rings is 1. The number of anilines is 1. The summed E-state index contributed by atoms with van der Waals surface area (Å²) in [7, 11) is 0. The Labute approximate surface area is 161 Å². The van der Waals surface area contributed by atoms with Crippen molar-refractivity contribution in [3.05, 3.63) is 58.7 Å². The van der Waals surface area contributed by atoms with Crippen LogP contribution in [-0.4, -0.2) is 26.8 Å². The second kappa shape index (κ2) is 6.37. The summed E-state index contributed by atoms with van der Waals surface area (Å²) in [6, 6.07) is 8.29. The number of H-pyrrole nitrogens is 1. The van der Waals surface area contributed by atoms with Gasteiger partial charge in [-0.3, -0.25) is 14.5 Å². The number of hydrogen-bond donors (Lipinski definition) is 2. The van der Waals surface area contributed by atoms with E-state index < -0.39 is 17.7 Å². The molecule has 2 aromatic heterocycles. The van der Waals surface area contributed by atoms with Crippen molar-refractivity contribution in [1.82, 2.24) is 9.97 Å². The van der Waals surface area contributed by atoms with Gasteiger partial charge in [-0.15, -0.1) is 0 Å². The highest BCUT2D eigenvalue weighted by molar-refractivity contribution is 6.16. The van der Waals surface area contributed by atoms with Gasteiger partial charge in [-0.2, -0.15) is 0 Å². The van der Waals surface area contributed by atoms with Gasteiger partial charge in [-0.1, -0.05) is 19.9 Å². The van der Waals surface area contributed by atoms with Crippen LogP contribution in [-0.2, 0) is 9.59 Å². The Morgan fingerprint density at radius 2 is 2.00 bits per heavy atom. The number of amides is 1. The minimum atomic E-state index is -0.877. The van der Waals surface area contributed by atoms with Crippen LogP contribution >= 0.6 is 0 Å². The van der Waals surface area contributed by atoms with Gasteiger partial charge in [0, 0.05) is 5.92 Å². The first kappa shape index (κ1) is 18.0. The highest BCUT2D eigenvalue weighted by Crippen LogP contribution is 2.41. The highest BCUT2D eigenvalue weighted by atomic mass is 16.3. The van der Waals surface area contributed by atoms with Crippen molar-refractivity contribution in [2.75, 3.05) is 4.90 Å². The normalized spacial score (nSPS) is 17.4. The van der Waals surface area contributed by atoms with Crippen molar-refractivity contribution in [2.24, 2.45) is 5.92 Å². The molecule has 4 rings (SSSR count). The summed E-state index contributed by atoms with van der Waals surface area (Å²) < 4.78 is 5.74. The molecule has 7 heteroatoms. The number of aromatic amines is 1. The van der Waals surface area contributed by atoms with Gasteiger partial charge in [0.05, 0.1) is 16.6 Å². The molecular weight excluding hydrogens is 358 g/mol. The van der Waals surface area contributed by atoms with Gasteiger partial charge >= 0.3 is 0 Å². The van der Waals surface area contributed by atoms with Crippen LogP contribution in [0.2, 0.25) is 0 Å². The monoisotopic (exact) mass is 379 g/mol. The molecule has 2 N–H and O–H groups in total. The topological polar surface area (TPSA) is 99.4 Å². The second-order valence-corrected chi connectivity index (χ2v) is 7.39. The molecule has 3 heterocycles. The van der Waals surface area contributed by atoms with Crippen molar-refractivity contribution >= 4 is 28.7 Å². The fourth-order valence-corrected chi connectivity index (χ4v) is 3.48. The lowest BCUT2D eigenvalue weighted by Gasteiger charge is -2.22. The van der Waals surface area contributed by atoms with E-state index in [2.05, 4.69) is 9.97 Å². The van der Waals surface area contributed by atoms with E-state index >= 15 is 0 Å². The molecule has 1 aromatic carbocycles. The van der Waals surface area contributed by atoms with E-state index in [-0.39, 0.29) is 23.2 Å². The van der Waals surface area contributed by atoms with Crippen molar-refractivity contribution in [1.29, 1.82) is 0 Å². The number of benzene rings is 1. The Bertz CT molecular complexity index is 1140. The van der Waals surface area contributed by atoms with Crippen LogP contribution in [0.5, 0.6) is 0 Å². The first-order valence-electron chi connectivity index (χ1n) is 9.11. The molecule has 0 spiro atoms. The molecule has 1 unspecified atom stereocenters. The number of nitrogens with one attached hydrogen (secondary N) is 1. The lowest BCUT2D eigenvalue weighted by molar-refractivity contribution is -0.119. The van der Waals surface area contributed by atoms with Crippen molar-refractivity contribution in [3.8, 4) is 0 Å². The number of aryl methyl sites for hydroxylation is 2. The summed E-state index contributed by atoms with van der Waals surface area (Å²) in [5.74, 6) is -0.641. The fourth-order valence-electron chi connectivity index (χ4n) is 3.48. The number of ketones is 1. The largest absolute Gasteiger partial charge is 0.503 e. The third-order valence-electron chi connectivity index (χ3n) is 4.88. The first-order valence-corrected chi connectivity index (χ1v) is 9.11. The number of aliphatic hydroxyl groups excluding tert-OH is 1. The van der Waals surface area contributed by atoms with E-state index in [1.165, 1.54) is 4.90 Å². The van der Waals surface area contributed by atoms with Gasteiger partial charge < -0.3 is 14.5 Å². The van der Waals surface area contributed by atoms with Crippen LogP contribution in [0.25, 0.3) is 11.0 Å². The Balaban J connectivity index is 1.89. The molecule has 1 amide bonds. The Kier molecular flexibility index (Phi) is 4.10. The molecule has 0 saturated carbocycles. The predicted octanol–water partition coefficient (Wildman–Crippen LogP) is 3.90. The van der Waals surface area contributed by atoms with E-state index in [0.29, 0.717) is 17.0 Å². The summed E-state index contributed by atoms with van der Waals surface area (Å²) >= 11 is 0. The number of nitrogens with zero attached hydrogens (tertiary/aromatic N) is 2. The lowest BCUT2D eigenvalue weighted by Crippen LogP contribution is -2.32. The van der Waals surface area contributed by atoms with E-state index in [1.807, 2.05) is 25.1 Å². The highest BCUT2D eigenvalue weighted by Gasteiger charge is 2.47. The van der Waals surface area contributed by atoms with E-state index in [9.17, 15) is 14.7 Å². The molecule has 7 nitrogen and oxygen atoms in total. The molecule has 28 heavy (non-hydrogen) atoms. The number of aliphatic hydroxyl groups is 1. The minimum absolute atomic E-state index is 0.0333. The second-order valence-electron chi connectivity index (χ2n) is 7.39. The quantitative estimate of drug-likeness (QED) is 0.716. The van der Waals surface area contributed by atoms with Crippen LogP contribution in [0.3, 0.4) is 0 Å². The maximum atomic E-state index is 12.9. The third-order valence-corrected chi connectivity index (χ3v) is 4.88. The maximum absolute atomic E-state index is 12.9. The molecule has 3 aromatic rings. The van der Waals surface area contributed by atoms with Gasteiger partial charge in [0.2, 0.25) is 5.95 Å². The molecule has 1 aliphatic heterocycles. The molecule has 144 valence electrons. The van der Waals surface area contributed by atoms with Crippen molar-refractivity contribution in [2.45, 2.75) is 33.7 Å². The standard InChI is InChI=1S/C21H21N3O4/c1-10(2)18(25)16-17(15-8-6-12(4)28-15)24(20(27)19(16)26)21-22-13-7-5-11(3)9-14(13)23-21/h5-10,17,26H,1-4H3,(H,22,23). The smallest absolute Gasteiger partial charge is 0.296 e. The van der Waals surface area contributed by atoms with E-state index in [0.717, 1.165) is 11.1 Å². The predicted molar refractivity (Wildman–Crippen MR) is 104 cm³/mol. The number of hydrogen-bond acceptors (Lipinski definition) is 5. The van der Waals surface area contributed by atoms with Crippen LogP contribution in [0, 0.1) is 19.8 Å².